The molecule has 2 rings (SSSR count). The van der Waals surface area contributed by atoms with Crippen LogP contribution in [0.1, 0.15) is 32.6 Å². The van der Waals surface area contributed by atoms with Crippen molar-refractivity contribution in [3.05, 3.63) is 33.0 Å². The van der Waals surface area contributed by atoms with Gasteiger partial charge < -0.3 is 10.3 Å². The van der Waals surface area contributed by atoms with Gasteiger partial charge in [0.1, 0.15) is 0 Å². The number of nitrogens with zero attached hydrogens (tertiary/aromatic N) is 2. The Hall–Kier alpha value is -0.720. The van der Waals surface area contributed by atoms with E-state index in [0.717, 1.165) is 14.5 Å². The fraction of sp³-hybridized carbons (Fsp3) is 0.385. The van der Waals surface area contributed by atoms with Gasteiger partial charge in [0.05, 0.1) is 6.04 Å². The first-order chi connectivity index (χ1) is 8.77. The third kappa shape index (κ3) is 3.43. The van der Waals surface area contributed by atoms with Crippen molar-refractivity contribution in [2.75, 3.05) is 0 Å². The Morgan fingerprint density at radius 1 is 1.16 bits per heavy atom. The molecule has 4 nitrogen and oxygen atoms in total. The van der Waals surface area contributed by atoms with Crippen LogP contribution in [-0.4, -0.2) is 10.1 Å². The fourth-order valence-corrected chi connectivity index (χ4v) is 2.84. The SMILES string of the molecule is CC(C)(C)C(N)c1noc(-c2cc(Br)cc(Br)c2)n1. The molecular weight excluding hydrogens is 374 g/mol. The molecule has 0 aliphatic rings. The molecule has 1 heterocycles. The third-order valence-electron chi connectivity index (χ3n) is 2.76. The minimum Gasteiger partial charge on any atom is -0.334 e. The summed E-state index contributed by atoms with van der Waals surface area (Å²) < 4.78 is 7.18. The molecule has 1 atom stereocenters. The zero-order valence-corrected chi connectivity index (χ0v) is 14.1. The van der Waals surface area contributed by atoms with E-state index in [9.17, 15) is 0 Å². The first kappa shape index (κ1) is 14.7. The normalized spacial score (nSPS) is 13.6. The van der Waals surface area contributed by atoms with Gasteiger partial charge in [0, 0.05) is 14.5 Å². The smallest absolute Gasteiger partial charge is 0.258 e. The van der Waals surface area contributed by atoms with Crippen LogP contribution < -0.4 is 5.73 Å². The number of aromatic nitrogens is 2. The van der Waals surface area contributed by atoms with Crippen molar-refractivity contribution in [1.29, 1.82) is 0 Å². The number of hydrogen-bond donors (Lipinski definition) is 1. The molecule has 1 aromatic heterocycles. The number of benzene rings is 1. The van der Waals surface area contributed by atoms with Crippen LogP contribution in [0.15, 0.2) is 31.7 Å². The van der Waals surface area contributed by atoms with Gasteiger partial charge in [-0.25, -0.2) is 0 Å². The molecule has 102 valence electrons. The monoisotopic (exact) mass is 387 g/mol. The van der Waals surface area contributed by atoms with Crippen molar-refractivity contribution in [1.82, 2.24) is 10.1 Å². The van der Waals surface area contributed by atoms with Crippen LogP contribution in [0.2, 0.25) is 0 Å². The maximum atomic E-state index is 6.12. The summed E-state index contributed by atoms with van der Waals surface area (Å²) in [5, 5.41) is 3.98. The lowest BCUT2D eigenvalue weighted by Crippen LogP contribution is -2.27. The number of hydrogen-bond acceptors (Lipinski definition) is 4. The Bertz CT molecular complexity index is 570. The van der Waals surface area contributed by atoms with E-state index in [0.29, 0.717) is 11.7 Å². The summed E-state index contributed by atoms with van der Waals surface area (Å²) in [5.74, 6) is 0.996. The van der Waals surface area contributed by atoms with Crippen molar-refractivity contribution in [3.8, 4) is 11.5 Å². The van der Waals surface area contributed by atoms with E-state index in [2.05, 4.69) is 42.0 Å². The van der Waals surface area contributed by atoms with Gasteiger partial charge in [-0.05, 0) is 23.6 Å². The molecule has 2 aromatic rings. The van der Waals surface area contributed by atoms with Crippen LogP contribution in [0.4, 0.5) is 0 Å². The van der Waals surface area contributed by atoms with E-state index in [1.807, 2.05) is 39.0 Å². The lowest BCUT2D eigenvalue weighted by atomic mass is 9.87. The van der Waals surface area contributed by atoms with Crippen LogP contribution in [0.5, 0.6) is 0 Å². The van der Waals surface area contributed by atoms with Gasteiger partial charge in [-0.2, -0.15) is 4.98 Å². The maximum Gasteiger partial charge on any atom is 0.258 e. The van der Waals surface area contributed by atoms with Crippen LogP contribution in [0.25, 0.3) is 11.5 Å². The van der Waals surface area contributed by atoms with Crippen molar-refractivity contribution in [2.45, 2.75) is 26.8 Å². The predicted octanol–water partition coefficient (Wildman–Crippen LogP) is 4.31. The molecule has 0 bridgehead atoms. The average Bonchev–Trinajstić information content (AvgIpc) is 2.74. The zero-order chi connectivity index (χ0) is 14.2. The van der Waals surface area contributed by atoms with Gasteiger partial charge in [0.25, 0.3) is 5.89 Å². The van der Waals surface area contributed by atoms with Gasteiger partial charge in [-0.1, -0.05) is 57.8 Å². The van der Waals surface area contributed by atoms with Crippen molar-refractivity contribution < 1.29 is 4.52 Å². The van der Waals surface area contributed by atoms with Gasteiger partial charge in [-0.15, -0.1) is 0 Å². The summed E-state index contributed by atoms with van der Waals surface area (Å²) in [4.78, 5) is 4.38. The zero-order valence-electron chi connectivity index (χ0n) is 10.9. The molecule has 0 saturated carbocycles. The molecule has 0 radical (unpaired) electrons. The van der Waals surface area contributed by atoms with Crippen molar-refractivity contribution in [3.63, 3.8) is 0 Å². The number of nitrogens with two attached hydrogens (primary N) is 1. The van der Waals surface area contributed by atoms with E-state index in [4.69, 9.17) is 10.3 Å². The van der Waals surface area contributed by atoms with Crippen LogP contribution in [-0.2, 0) is 0 Å². The number of halogens is 2. The molecule has 19 heavy (non-hydrogen) atoms. The minimum absolute atomic E-state index is 0.112. The highest BCUT2D eigenvalue weighted by atomic mass is 79.9. The molecule has 0 aliphatic heterocycles. The van der Waals surface area contributed by atoms with Crippen molar-refractivity contribution in [2.24, 2.45) is 11.1 Å². The molecule has 1 aromatic carbocycles. The fourth-order valence-electron chi connectivity index (χ4n) is 1.54. The molecule has 0 fully saturated rings. The van der Waals surface area contributed by atoms with Crippen LogP contribution in [0, 0.1) is 5.41 Å². The second-order valence-corrected chi connectivity index (χ2v) is 7.29. The average molecular weight is 389 g/mol. The Labute approximate surface area is 129 Å². The molecule has 0 spiro atoms. The highest BCUT2D eigenvalue weighted by Crippen LogP contribution is 2.31. The third-order valence-corrected chi connectivity index (χ3v) is 3.68. The lowest BCUT2D eigenvalue weighted by Gasteiger charge is -2.23. The lowest BCUT2D eigenvalue weighted by molar-refractivity contribution is 0.303. The van der Waals surface area contributed by atoms with Crippen molar-refractivity contribution >= 4 is 31.9 Å². The van der Waals surface area contributed by atoms with E-state index < -0.39 is 0 Å². The minimum atomic E-state index is -0.263. The topological polar surface area (TPSA) is 64.9 Å². The Balaban J connectivity index is 2.36. The summed E-state index contributed by atoms with van der Waals surface area (Å²) in [6, 6.07) is 5.53. The van der Waals surface area contributed by atoms with E-state index >= 15 is 0 Å². The van der Waals surface area contributed by atoms with E-state index in [-0.39, 0.29) is 11.5 Å². The van der Waals surface area contributed by atoms with Gasteiger partial charge >= 0.3 is 0 Å². The first-order valence-corrected chi connectivity index (χ1v) is 7.41. The maximum absolute atomic E-state index is 6.12. The summed E-state index contributed by atoms with van der Waals surface area (Å²) >= 11 is 6.87. The van der Waals surface area contributed by atoms with Crippen LogP contribution in [0.3, 0.4) is 0 Å². The summed E-state index contributed by atoms with van der Waals surface area (Å²) in [5.41, 5.74) is 6.86. The number of rotatable bonds is 2. The molecular formula is C13H15Br2N3O. The Morgan fingerprint density at radius 2 is 1.74 bits per heavy atom. The van der Waals surface area contributed by atoms with Gasteiger partial charge in [-0.3, -0.25) is 0 Å². The molecule has 0 saturated heterocycles. The highest BCUT2D eigenvalue weighted by molar-refractivity contribution is 9.11. The summed E-state index contributed by atoms with van der Waals surface area (Å²) in [7, 11) is 0. The second kappa shape index (κ2) is 5.34. The summed E-state index contributed by atoms with van der Waals surface area (Å²) in [6.45, 7) is 6.14. The molecule has 0 aliphatic carbocycles. The van der Waals surface area contributed by atoms with Crippen LogP contribution >= 0.6 is 31.9 Å². The Morgan fingerprint density at radius 3 is 2.26 bits per heavy atom. The molecule has 1 unspecified atom stereocenters. The van der Waals surface area contributed by atoms with E-state index in [1.54, 1.807) is 0 Å². The van der Waals surface area contributed by atoms with Gasteiger partial charge in [0.15, 0.2) is 5.82 Å². The largest absolute Gasteiger partial charge is 0.334 e. The quantitative estimate of drug-likeness (QED) is 0.832. The van der Waals surface area contributed by atoms with Gasteiger partial charge in [0.2, 0.25) is 0 Å². The standard InChI is InChI=1S/C13H15Br2N3O/c1-13(2,3)10(16)11-17-12(19-18-11)7-4-8(14)6-9(15)5-7/h4-6,10H,16H2,1-3H3. The molecule has 2 N–H and O–H groups in total. The first-order valence-electron chi connectivity index (χ1n) is 5.83. The molecule has 0 amide bonds. The summed E-state index contributed by atoms with van der Waals surface area (Å²) in [6.07, 6.45) is 0. The predicted molar refractivity (Wildman–Crippen MR) is 81.5 cm³/mol. The van der Waals surface area contributed by atoms with E-state index in [1.165, 1.54) is 0 Å². The molecule has 6 heteroatoms. The highest BCUT2D eigenvalue weighted by Gasteiger charge is 2.27. The Kier molecular flexibility index (Phi) is 4.13. The second-order valence-electron chi connectivity index (χ2n) is 5.46.